The van der Waals surface area contributed by atoms with Gasteiger partial charge in [-0.25, -0.2) is 4.98 Å². The Balaban J connectivity index is 2.01. The summed E-state index contributed by atoms with van der Waals surface area (Å²) in [6.45, 7) is 0.988. The predicted molar refractivity (Wildman–Crippen MR) is 76.2 cm³/mol. The van der Waals surface area contributed by atoms with Crippen LogP contribution in [-0.2, 0) is 13.0 Å². The lowest BCUT2D eigenvalue weighted by molar-refractivity contribution is 0.588. The molecule has 1 heterocycles. The number of hydrogen-bond donors (Lipinski definition) is 0. The highest BCUT2D eigenvalue weighted by Gasteiger charge is 2.21. The van der Waals surface area contributed by atoms with E-state index in [1.807, 2.05) is 18.2 Å². The van der Waals surface area contributed by atoms with Crippen LogP contribution in [0, 0.1) is 17.2 Å². The lowest BCUT2D eigenvalue weighted by Crippen LogP contribution is -2.05. The number of hydrogen-bond acceptors (Lipinski definition) is 2. The van der Waals surface area contributed by atoms with Gasteiger partial charge in [0.15, 0.2) is 0 Å². The Morgan fingerprint density at radius 1 is 1.42 bits per heavy atom. The highest BCUT2D eigenvalue weighted by molar-refractivity contribution is 6.17. The summed E-state index contributed by atoms with van der Waals surface area (Å²) in [5.74, 6) is 2.51. The molecule has 0 N–H and O–H groups in total. The second-order valence-electron chi connectivity index (χ2n) is 5.17. The molecular weight excluding hydrogens is 258 g/mol. The smallest absolute Gasteiger partial charge is 0.111 e. The third-order valence-corrected chi connectivity index (χ3v) is 3.92. The fourth-order valence-electron chi connectivity index (χ4n) is 2.49. The molecule has 1 aromatic heterocycles. The molecule has 0 amide bonds. The van der Waals surface area contributed by atoms with Crippen molar-refractivity contribution in [3.05, 3.63) is 29.6 Å². The maximum absolute atomic E-state index is 9.03. The second kappa shape index (κ2) is 5.22. The van der Waals surface area contributed by atoms with Gasteiger partial charge in [-0.3, -0.25) is 0 Å². The average molecular weight is 274 g/mol. The number of imidazole rings is 1. The zero-order chi connectivity index (χ0) is 13.2. The monoisotopic (exact) mass is 273 g/mol. The number of alkyl halides is 1. The van der Waals surface area contributed by atoms with Crippen LogP contribution in [0.15, 0.2) is 18.2 Å². The van der Waals surface area contributed by atoms with Crippen molar-refractivity contribution >= 4 is 22.6 Å². The van der Waals surface area contributed by atoms with Crippen LogP contribution in [0.4, 0.5) is 0 Å². The van der Waals surface area contributed by atoms with E-state index in [2.05, 4.69) is 15.6 Å². The van der Waals surface area contributed by atoms with Crippen molar-refractivity contribution in [3.63, 3.8) is 0 Å². The van der Waals surface area contributed by atoms with Crippen molar-refractivity contribution in [2.24, 2.45) is 5.92 Å². The van der Waals surface area contributed by atoms with Gasteiger partial charge in [-0.1, -0.05) is 12.8 Å². The summed E-state index contributed by atoms with van der Waals surface area (Å²) in [7, 11) is 0. The predicted octanol–water partition coefficient (Wildman–Crippen LogP) is 3.49. The van der Waals surface area contributed by atoms with Crippen molar-refractivity contribution in [3.8, 4) is 6.07 Å². The largest absolute Gasteiger partial charge is 0.328 e. The number of aromatic nitrogens is 2. The van der Waals surface area contributed by atoms with E-state index in [1.165, 1.54) is 19.3 Å². The third kappa shape index (κ3) is 2.59. The summed E-state index contributed by atoms with van der Waals surface area (Å²) in [5.41, 5.74) is 2.73. The van der Waals surface area contributed by atoms with Gasteiger partial charge in [0.1, 0.15) is 5.82 Å². The SMILES string of the molecule is N#Cc1ccc2nc(CCCl)n(CCC3CC3)c2c1. The lowest BCUT2D eigenvalue weighted by Gasteiger charge is -2.08. The minimum Gasteiger partial charge on any atom is -0.328 e. The van der Waals surface area contributed by atoms with Crippen LogP contribution in [0.25, 0.3) is 11.0 Å². The van der Waals surface area contributed by atoms with Crippen LogP contribution in [0.2, 0.25) is 0 Å². The van der Waals surface area contributed by atoms with E-state index in [9.17, 15) is 0 Å². The van der Waals surface area contributed by atoms with E-state index < -0.39 is 0 Å². The number of fused-ring (bicyclic) bond motifs is 1. The van der Waals surface area contributed by atoms with Crippen LogP contribution < -0.4 is 0 Å². The van der Waals surface area contributed by atoms with Gasteiger partial charge in [-0.05, 0) is 30.5 Å². The maximum atomic E-state index is 9.03. The molecule has 1 fully saturated rings. The van der Waals surface area contributed by atoms with Crippen LogP contribution in [-0.4, -0.2) is 15.4 Å². The molecule has 0 unspecified atom stereocenters. The van der Waals surface area contributed by atoms with Gasteiger partial charge in [0.25, 0.3) is 0 Å². The first-order valence-electron chi connectivity index (χ1n) is 6.77. The molecule has 1 aliphatic carbocycles. The fourth-order valence-corrected chi connectivity index (χ4v) is 2.65. The Morgan fingerprint density at radius 2 is 2.26 bits per heavy atom. The first kappa shape index (κ1) is 12.5. The van der Waals surface area contributed by atoms with Crippen LogP contribution >= 0.6 is 11.6 Å². The topological polar surface area (TPSA) is 41.6 Å². The van der Waals surface area contributed by atoms with E-state index in [0.717, 1.165) is 35.7 Å². The molecule has 3 rings (SSSR count). The Hall–Kier alpha value is -1.53. The molecule has 0 atom stereocenters. The summed E-state index contributed by atoms with van der Waals surface area (Å²) in [4.78, 5) is 4.65. The van der Waals surface area contributed by atoms with E-state index in [4.69, 9.17) is 16.9 Å². The van der Waals surface area contributed by atoms with E-state index >= 15 is 0 Å². The normalized spacial score (nSPS) is 14.7. The van der Waals surface area contributed by atoms with Crippen LogP contribution in [0.1, 0.15) is 30.7 Å². The Labute approximate surface area is 117 Å². The highest BCUT2D eigenvalue weighted by Crippen LogP contribution is 2.33. The minimum atomic E-state index is 0.581. The number of halogens is 1. The number of benzene rings is 1. The molecule has 0 radical (unpaired) electrons. The molecule has 2 aromatic rings. The zero-order valence-electron chi connectivity index (χ0n) is 10.8. The van der Waals surface area contributed by atoms with E-state index in [0.29, 0.717) is 11.4 Å². The highest BCUT2D eigenvalue weighted by atomic mass is 35.5. The van der Waals surface area contributed by atoms with Crippen LogP contribution in [0.3, 0.4) is 0 Å². The minimum absolute atomic E-state index is 0.581. The molecule has 0 aliphatic heterocycles. The molecule has 0 saturated heterocycles. The second-order valence-corrected chi connectivity index (χ2v) is 5.54. The van der Waals surface area contributed by atoms with Crippen molar-refractivity contribution in [1.82, 2.24) is 9.55 Å². The van der Waals surface area contributed by atoms with Gasteiger partial charge < -0.3 is 4.57 Å². The molecule has 19 heavy (non-hydrogen) atoms. The first-order chi connectivity index (χ1) is 9.31. The van der Waals surface area contributed by atoms with Crippen molar-refractivity contribution in [2.75, 3.05) is 5.88 Å². The molecular formula is C15H16ClN3. The van der Waals surface area contributed by atoms with Gasteiger partial charge in [-0.2, -0.15) is 5.26 Å². The number of rotatable bonds is 5. The fraction of sp³-hybridized carbons (Fsp3) is 0.467. The van der Waals surface area contributed by atoms with Gasteiger partial charge in [0, 0.05) is 18.8 Å². The molecule has 98 valence electrons. The van der Waals surface area contributed by atoms with Crippen molar-refractivity contribution in [1.29, 1.82) is 5.26 Å². The van der Waals surface area contributed by atoms with E-state index in [1.54, 1.807) is 0 Å². The summed E-state index contributed by atoms with van der Waals surface area (Å²) in [6.07, 6.45) is 4.71. The van der Waals surface area contributed by atoms with Gasteiger partial charge in [0.05, 0.1) is 22.7 Å². The van der Waals surface area contributed by atoms with Gasteiger partial charge in [0.2, 0.25) is 0 Å². The lowest BCUT2D eigenvalue weighted by atomic mass is 10.2. The summed E-state index contributed by atoms with van der Waals surface area (Å²) in [6, 6.07) is 7.89. The molecule has 0 spiro atoms. The maximum Gasteiger partial charge on any atom is 0.111 e. The standard InChI is InChI=1S/C15H16ClN3/c16-7-5-15-18-13-4-3-12(10-17)9-14(13)19(15)8-6-11-1-2-11/h3-4,9,11H,1-2,5-8H2. The molecule has 0 bridgehead atoms. The number of nitriles is 1. The Kier molecular flexibility index (Phi) is 3.44. The average Bonchev–Trinajstić information content (AvgIpc) is 3.19. The third-order valence-electron chi connectivity index (χ3n) is 3.73. The Morgan fingerprint density at radius 3 is 2.95 bits per heavy atom. The molecule has 4 heteroatoms. The van der Waals surface area contributed by atoms with E-state index in [-0.39, 0.29) is 0 Å². The molecule has 1 aliphatic rings. The number of aryl methyl sites for hydroxylation is 2. The summed E-state index contributed by atoms with van der Waals surface area (Å²) < 4.78 is 2.25. The van der Waals surface area contributed by atoms with Crippen molar-refractivity contribution in [2.45, 2.75) is 32.2 Å². The first-order valence-corrected chi connectivity index (χ1v) is 7.30. The van der Waals surface area contributed by atoms with Crippen LogP contribution in [0.5, 0.6) is 0 Å². The van der Waals surface area contributed by atoms with Crippen molar-refractivity contribution < 1.29 is 0 Å². The molecule has 1 saturated carbocycles. The quantitative estimate of drug-likeness (QED) is 0.783. The van der Waals surface area contributed by atoms with Gasteiger partial charge >= 0.3 is 0 Å². The number of nitrogens with zero attached hydrogens (tertiary/aromatic N) is 3. The molecule has 3 nitrogen and oxygen atoms in total. The molecule has 1 aromatic carbocycles. The summed E-state index contributed by atoms with van der Waals surface area (Å²) >= 11 is 5.86. The Bertz CT molecular complexity index is 635. The summed E-state index contributed by atoms with van der Waals surface area (Å²) in [5, 5.41) is 9.03. The van der Waals surface area contributed by atoms with Gasteiger partial charge in [-0.15, -0.1) is 11.6 Å². The zero-order valence-corrected chi connectivity index (χ0v) is 11.5.